The molecule has 0 fully saturated rings. The molecular formula is C8H7N3S2. The lowest BCUT2D eigenvalue weighted by Crippen LogP contribution is -1.87. The monoisotopic (exact) mass is 209 g/mol. The maximum atomic E-state index is 4.03. The van der Waals surface area contributed by atoms with Crippen LogP contribution >= 0.6 is 23.5 Å². The van der Waals surface area contributed by atoms with E-state index in [-0.39, 0.29) is 0 Å². The Kier molecular flexibility index (Phi) is 2.79. The molecule has 0 radical (unpaired) electrons. The number of rotatable bonds is 3. The van der Waals surface area contributed by atoms with Crippen molar-refractivity contribution in [2.75, 3.05) is 4.72 Å². The summed E-state index contributed by atoms with van der Waals surface area (Å²) in [5, 5.41) is 0. The van der Waals surface area contributed by atoms with Crippen LogP contribution in [0.1, 0.15) is 0 Å². The van der Waals surface area contributed by atoms with Crippen molar-refractivity contribution in [3.8, 4) is 0 Å². The molecule has 0 saturated carbocycles. The number of hydrogen-bond donors (Lipinski definition) is 1. The first kappa shape index (κ1) is 8.52. The number of anilines is 1. The summed E-state index contributed by atoms with van der Waals surface area (Å²) in [6.07, 6.45) is 0. The summed E-state index contributed by atoms with van der Waals surface area (Å²) in [5.41, 5.74) is 1.70. The van der Waals surface area contributed by atoms with E-state index in [2.05, 4.69) is 14.1 Å². The zero-order chi connectivity index (χ0) is 8.93. The van der Waals surface area contributed by atoms with Gasteiger partial charge in [0.2, 0.25) is 5.95 Å². The second-order valence-corrected chi connectivity index (χ2v) is 3.76. The lowest BCUT2D eigenvalue weighted by Gasteiger charge is -1.99. The van der Waals surface area contributed by atoms with Crippen LogP contribution in [0.25, 0.3) is 0 Å². The normalized spacial score (nSPS) is 9.85. The van der Waals surface area contributed by atoms with Gasteiger partial charge in [-0.1, -0.05) is 18.2 Å². The quantitative estimate of drug-likeness (QED) is 0.789. The number of nitrogens with zero attached hydrogens (tertiary/aromatic N) is 2. The van der Waals surface area contributed by atoms with Gasteiger partial charge in [0.15, 0.2) is 0 Å². The van der Waals surface area contributed by atoms with Crippen molar-refractivity contribution in [2.45, 2.75) is 4.90 Å². The van der Waals surface area contributed by atoms with E-state index in [0.717, 1.165) is 4.90 Å². The molecule has 13 heavy (non-hydrogen) atoms. The SMILES string of the molecule is c1ccc(SNc2ncsn2)cc1. The van der Waals surface area contributed by atoms with Crippen LogP contribution < -0.4 is 4.72 Å². The Morgan fingerprint density at radius 1 is 1.23 bits per heavy atom. The lowest BCUT2D eigenvalue weighted by molar-refractivity contribution is 1.34. The number of hydrogen-bond acceptors (Lipinski definition) is 5. The Balaban J connectivity index is 1.94. The molecule has 0 aliphatic rings. The summed E-state index contributed by atoms with van der Waals surface area (Å²) >= 11 is 2.85. The molecule has 66 valence electrons. The van der Waals surface area contributed by atoms with E-state index in [1.54, 1.807) is 5.51 Å². The van der Waals surface area contributed by atoms with Gasteiger partial charge in [-0.3, -0.25) is 4.72 Å². The van der Waals surface area contributed by atoms with Gasteiger partial charge in [-0.15, -0.1) is 0 Å². The molecule has 0 spiro atoms. The van der Waals surface area contributed by atoms with Crippen LogP contribution in [0.4, 0.5) is 5.95 Å². The highest BCUT2D eigenvalue weighted by Crippen LogP contribution is 2.17. The van der Waals surface area contributed by atoms with E-state index in [4.69, 9.17) is 0 Å². The summed E-state index contributed by atoms with van der Waals surface area (Å²) in [5.74, 6) is 0.666. The van der Waals surface area contributed by atoms with Gasteiger partial charge < -0.3 is 0 Å². The molecule has 1 N–H and O–H groups in total. The molecule has 1 heterocycles. The topological polar surface area (TPSA) is 37.8 Å². The van der Waals surface area contributed by atoms with Crippen LogP contribution in [0.3, 0.4) is 0 Å². The van der Waals surface area contributed by atoms with E-state index in [9.17, 15) is 0 Å². The van der Waals surface area contributed by atoms with Gasteiger partial charge in [0, 0.05) is 4.90 Å². The first-order valence-corrected chi connectivity index (χ1v) is 5.35. The molecule has 0 atom stereocenters. The third-order valence-corrected chi connectivity index (χ3v) is 2.64. The van der Waals surface area contributed by atoms with Crippen LogP contribution in [-0.2, 0) is 0 Å². The van der Waals surface area contributed by atoms with Crippen LogP contribution in [0.5, 0.6) is 0 Å². The molecular weight excluding hydrogens is 202 g/mol. The molecule has 0 bridgehead atoms. The van der Waals surface area contributed by atoms with Crippen LogP contribution in [-0.4, -0.2) is 9.36 Å². The Morgan fingerprint density at radius 3 is 2.77 bits per heavy atom. The molecule has 0 aliphatic heterocycles. The highest BCUT2D eigenvalue weighted by molar-refractivity contribution is 8.00. The average Bonchev–Trinajstić information content (AvgIpc) is 2.69. The minimum absolute atomic E-state index is 0.666. The zero-order valence-electron chi connectivity index (χ0n) is 6.68. The molecule has 1 aromatic heterocycles. The molecule has 0 amide bonds. The minimum atomic E-state index is 0.666. The standard InChI is InChI=1S/C8H7N3S2/c1-2-4-7(5-3-1)13-11-8-9-6-12-10-8/h1-6H,(H,10,11). The van der Waals surface area contributed by atoms with Crippen molar-refractivity contribution in [1.82, 2.24) is 9.36 Å². The van der Waals surface area contributed by atoms with Crippen molar-refractivity contribution < 1.29 is 0 Å². The van der Waals surface area contributed by atoms with E-state index < -0.39 is 0 Å². The average molecular weight is 209 g/mol. The molecule has 0 saturated heterocycles. The third-order valence-electron chi connectivity index (χ3n) is 1.36. The number of aromatic nitrogens is 2. The predicted octanol–water partition coefficient (Wildman–Crippen LogP) is 2.66. The van der Waals surface area contributed by atoms with Crippen molar-refractivity contribution in [3.05, 3.63) is 35.8 Å². The second kappa shape index (κ2) is 4.25. The molecule has 2 rings (SSSR count). The molecule has 0 aliphatic carbocycles. The first-order chi connectivity index (χ1) is 6.45. The van der Waals surface area contributed by atoms with E-state index in [0.29, 0.717) is 5.95 Å². The molecule has 0 unspecified atom stereocenters. The fourth-order valence-electron chi connectivity index (χ4n) is 0.809. The van der Waals surface area contributed by atoms with E-state index in [1.165, 1.54) is 23.5 Å². The van der Waals surface area contributed by atoms with Gasteiger partial charge in [0.1, 0.15) is 5.51 Å². The van der Waals surface area contributed by atoms with Crippen LogP contribution in [0.2, 0.25) is 0 Å². The summed E-state index contributed by atoms with van der Waals surface area (Å²) in [6, 6.07) is 10.1. The largest absolute Gasteiger partial charge is 0.293 e. The van der Waals surface area contributed by atoms with Crippen molar-refractivity contribution >= 4 is 29.4 Å². The van der Waals surface area contributed by atoms with Crippen molar-refractivity contribution in [2.24, 2.45) is 0 Å². The van der Waals surface area contributed by atoms with Crippen LogP contribution in [0.15, 0.2) is 40.7 Å². The van der Waals surface area contributed by atoms with Crippen molar-refractivity contribution in [3.63, 3.8) is 0 Å². The van der Waals surface area contributed by atoms with Gasteiger partial charge in [-0.05, 0) is 35.6 Å². The second-order valence-electron chi connectivity index (χ2n) is 2.27. The molecule has 2 aromatic rings. The minimum Gasteiger partial charge on any atom is -0.293 e. The number of nitrogens with one attached hydrogen (secondary N) is 1. The fraction of sp³-hybridized carbons (Fsp3) is 0. The summed E-state index contributed by atoms with van der Waals surface area (Å²) in [7, 11) is 0. The highest BCUT2D eigenvalue weighted by atomic mass is 32.2. The predicted molar refractivity (Wildman–Crippen MR) is 55.8 cm³/mol. The van der Waals surface area contributed by atoms with Crippen LogP contribution in [0, 0.1) is 0 Å². The maximum Gasteiger partial charge on any atom is 0.244 e. The smallest absolute Gasteiger partial charge is 0.244 e. The molecule has 3 nitrogen and oxygen atoms in total. The summed E-state index contributed by atoms with van der Waals surface area (Å²) in [6.45, 7) is 0. The van der Waals surface area contributed by atoms with E-state index in [1.807, 2.05) is 30.3 Å². The van der Waals surface area contributed by atoms with Gasteiger partial charge >= 0.3 is 0 Å². The molecule has 1 aromatic carbocycles. The Bertz CT molecular complexity index is 347. The Labute approximate surface area is 84.5 Å². The van der Waals surface area contributed by atoms with Gasteiger partial charge in [0.05, 0.1) is 0 Å². The van der Waals surface area contributed by atoms with E-state index >= 15 is 0 Å². The maximum absolute atomic E-state index is 4.03. The fourth-order valence-corrected chi connectivity index (χ4v) is 1.85. The van der Waals surface area contributed by atoms with Crippen molar-refractivity contribution in [1.29, 1.82) is 0 Å². The summed E-state index contributed by atoms with van der Waals surface area (Å²) < 4.78 is 7.08. The number of benzene rings is 1. The highest BCUT2D eigenvalue weighted by Gasteiger charge is 1.95. The Hall–Kier alpha value is -1.07. The third kappa shape index (κ3) is 2.43. The zero-order valence-corrected chi connectivity index (χ0v) is 8.31. The van der Waals surface area contributed by atoms with Gasteiger partial charge in [-0.2, -0.15) is 4.37 Å². The lowest BCUT2D eigenvalue weighted by atomic mass is 10.4. The first-order valence-electron chi connectivity index (χ1n) is 3.69. The van der Waals surface area contributed by atoms with Gasteiger partial charge in [-0.25, -0.2) is 4.98 Å². The Morgan fingerprint density at radius 2 is 2.08 bits per heavy atom. The molecule has 5 heteroatoms. The summed E-state index contributed by atoms with van der Waals surface area (Å²) in [4.78, 5) is 5.16. The van der Waals surface area contributed by atoms with Gasteiger partial charge in [0.25, 0.3) is 0 Å².